The van der Waals surface area contributed by atoms with Crippen molar-refractivity contribution in [3.05, 3.63) is 52.0 Å². The van der Waals surface area contributed by atoms with E-state index in [2.05, 4.69) is 27.6 Å². The minimum absolute atomic E-state index is 0. The van der Waals surface area contributed by atoms with Crippen LogP contribution in [0.1, 0.15) is 23.2 Å². The minimum atomic E-state index is 0. The van der Waals surface area contributed by atoms with Gasteiger partial charge in [0.1, 0.15) is 0 Å². The maximum Gasteiger partial charge on any atom is 0.188 e. The molecule has 2 rings (SSSR count). The molecule has 0 bridgehead atoms. The molecule has 3 N–H and O–H groups in total. The number of rotatable bonds is 6. The molecule has 0 fully saturated rings. The number of nitrogens with two attached hydrogens (primary N) is 1. The second kappa shape index (κ2) is 9.73. The fourth-order valence-electron chi connectivity index (χ4n) is 1.76. The molecule has 0 aliphatic heterocycles. The van der Waals surface area contributed by atoms with Gasteiger partial charge in [-0.3, -0.25) is 0 Å². The minimum Gasteiger partial charge on any atom is -0.370 e. The summed E-state index contributed by atoms with van der Waals surface area (Å²) < 4.78 is 0. The van der Waals surface area contributed by atoms with E-state index in [1.807, 2.05) is 30.3 Å². The number of aromatic nitrogens is 1. The van der Waals surface area contributed by atoms with E-state index in [1.165, 1.54) is 5.01 Å². The van der Waals surface area contributed by atoms with Crippen LogP contribution in [0, 0.1) is 0 Å². The maximum atomic E-state index is 5.84. The number of halogens is 1. The third kappa shape index (κ3) is 6.43. The second-order valence-corrected chi connectivity index (χ2v) is 5.39. The molecule has 1 aromatic heterocycles. The van der Waals surface area contributed by atoms with Crippen LogP contribution in [0.15, 0.2) is 40.7 Å². The first-order valence-electron chi connectivity index (χ1n) is 6.79. The van der Waals surface area contributed by atoms with Crippen LogP contribution in [0.5, 0.6) is 0 Å². The van der Waals surface area contributed by atoms with Crippen molar-refractivity contribution < 1.29 is 0 Å². The Morgan fingerprint density at radius 1 is 1.33 bits per heavy atom. The molecule has 4 nitrogen and oxygen atoms in total. The number of nitrogens with zero attached hydrogens (tertiary/aromatic N) is 2. The van der Waals surface area contributed by atoms with Gasteiger partial charge in [0.25, 0.3) is 0 Å². The number of nitrogens with one attached hydrogen (secondary N) is 1. The molecule has 0 aliphatic rings. The van der Waals surface area contributed by atoms with Crippen LogP contribution in [0.3, 0.4) is 0 Å². The van der Waals surface area contributed by atoms with Crippen LogP contribution in [0.25, 0.3) is 0 Å². The number of hydrogen-bond donors (Lipinski definition) is 2. The van der Waals surface area contributed by atoms with Gasteiger partial charge in [0, 0.05) is 18.3 Å². The molecule has 0 aliphatic carbocycles. The highest BCUT2D eigenvalue weighted by atomic mass is 127. The molecule has 0 saturated carbocycles. The highest BCUT2D eigenvalue weighted by molar-refractivity contribution is 14.0. The van der Waals surface area contributed by atoms with Crippen LogP contribution in [0.4, 0.5) is 0 Å². The number of guanidine groups is 1. The van der Waals surface area contributed by atoms with E-state index in [0.29, 0.717) is 12.5 Å². The quantitative estimate of drug-likeness (QED) is 0.433. The molecule has 0 spiro atoms. The normalized spacial score (nSPS) is 11.0. The standard InChI is InChI=1S/C15H20N4S.HI/c1-2-14-19-13(11-20-14)8-9-17-15(16)18-10-12-6-4-3-5-7-12;/h3-7,11H,2,8-10H2,1H3,(H3,16,17,18);1H. The molecule has 0 unspecified atom stereocenters. The topological polar surface area (TPSA) is 63.3 Å². The van der Waals surface area contributed by atoms with E-state index in [-0.39, 0.29) is 24.0 Å². The van der Waals surface area contributed by atoms with Gasteiger partial charge in [-0.2, -0.15) is 0 Å². The van der Waals surface area contributed by atoms with E-state index in [9.17, 15) is 0 Å². The fourth-order valence-corrected chi connectivity index (χ4v) is 2.54. The van der Waals surface area contributed by atoms with Crippen molar-refractivity contribution in [3.63, 3.8) is 0 Å². The highest BCUT2D eigenvalue weighted by Crippen LogP contribution is 2.10. The van der Waals surface area contributed by atoms with Crippen molar-refractivity contribution in [2.24, 2.45) is 10.7 Å². The SMILES string of the molecule is CCc1nc(CCNC(N)=NCc2ccccc2)cs1.I. The Balaban J connectivity index is 0.00000220. The molecule has 0 amide bonds. The Morgan fingerprint density at radius 3 is 2.76 bits per heavy atom. The Bertz CT molecular complexity index is 554. The summed E-state index contributed by atoms with van der Waals surface area (Å²) in [6, 6.07) is 10.1. The molecule has 1 aromatic carbocycles. The van der Waals surface area contributed by atoms with E-state index < -0.39 is 0 Å². The third-order valence-electron chi connectivity index (χ3n) is 2.86. The summed E-state index contributed by atoms with van der Waals surface area (Å²) in [7, 11) is 0. The summed E-state index contributed by atoms with van der Waals surface area (Å²) in [4.78, 5) is 8.83. The Hall–Kier alpha value is -1.15. The number of aliphatic imine (C=N–C) groups is 1. The molecule has 1 heterocycles. The zero-order chi connectivity index (χ0) is 14.2. The first-order valence-corrected chi connectivity index (χ1v) is 7.67. The van der Waals surface area contributed by atoms with Gasteiger partial charge in [-0.1, -0.05) is 37.3 Å². The van der Waals surface area contributed by atoms with Crippen LogP contribution < -0.4 is 11.1 Å². The van der Waals surface area contributed by atoms with Gasteiger partial charge in [0.15, 0.2) is 5.96 Å². The molecular formula is C15H21IN4S. The zero-order valence-electron chi connectivity index (χ0n) is 12.1. The Labute approximate surface area is 146 Å². The van der Waals surface area contributed by atoms with Crippen LogP contribution in [0.2, 0.25) is 0 Å². The van der Waals surface area contributed by atoms with Gasteiger partial charge in [0.05, 0.1) is 17.2 Å². The first-order chi connectivity index (χ1) is 9.78. The monoisotopic (exact) mass is 416 g/mol. The van der Waals surface area contributed by atoms with Crippen molar-refractivity contribution in [2.45, 2.75) is 26.3 Å². The number of benzene rings is 1. The fraction of sp³-hybridized carbons (Fsp3) is 0.333. The Kier molecular flexibility index (Phi) is 8.29. The first kappa shape index (κ1) is 17.9. The van der Waals surface area contributed by atoms with Crippen LogP contribution in [-0.4, -0.2) is 17.5 Å². The summed E-state index contributed by atoms with van der Waals surface area (Å²) in [5, 5.41) is 6.42. The predicted octanol–water partition coefficient (Wildman–Crippen LogP) is 2.97. The van der Waals surface area contributed by atoms with Gasteiger partial charge >= 0.3 is 0 Å². The molecule has 2 aromatic rings. The summed E-state index contributed by atoms with van der Waals surface area (Å²) in [6.07, 6.45) is 1.87. The van der Waals surface area contributed by atoms with Gasteiger partial charge in [-0.25, -0.2) is 9.98 Å². The van der Waals surface area contributed by atoms with Crippen LogP contribution in [-0.2, 0) is 19.4 Å². The average Bonchev–Trinajstić information content (AvgIpc) is 2.94. The van der Waals surface area contributed by atoms with E-state index in [1.54, 1.807) is 11.3 Å². The van der Waals surface area contributed by atoms with Crippen molar-refractivity contribution in [1.29, 1.82) is 0 Å². The molecule has 0 atom stereocenters. The molecule has 0 saturated heterocycles. The molecule has 6 heteroatoms. The van der Waals surface area contributed by atoms with Gasteiger partial charge in [0.2, 0.25) is 0 Å². The summed E-state index contributed by atoms with van der Waals surface area (Å²) in [5.74, 6) is 0.486. The lowest BCUT2D eigenvalue weighted by molar-refractivity contribution is 0.828. The number of thiazole rings is 1. The molecule has 0 radical (unpaired) electrons. The van der Waals surface area contributed by atoms with Crippen molar-refractivity contribution in [2.75, 3.05) is 6.54 Å². The lowest BCUT2D eigenvalue weighted by Crippen LogP contribution is -2.33. The Morgan fingerprint density at radius 2 is 2.10 bits per heavy atom. The van der Waals surface area contributed by atoms with Crippen molar-refractivity contribution in [1.82, 2.24) is 10.3 Å². The van der Waals surface area contributed by atoms with Gasteiger partial charge in [-0.15, -0.1) is 35.3 Å². The van der Waals surface area contributed by atoms with Crippen molar-refractivity contribution in [3.8, 4) is 0 Å². The maximum absolute atomic E-state index is 5.84. The van der Waals surface area contributed by atoms with E-state index in [0.717, 1.165) is 30.6 Å². The number of hydrogen-bond acceptors (Lipinski definition) is 3. The van der Waals surface area contributed by atoms with E-state index in [4.69, 9.17) is 5.73 Å². The van der Waals surface area contributed by atoms with E-state index >= 15 is 0 Å². The summed E-state index contributed by atoms with van der Waals surface area (Å²) >= 11 is 1.72. The van der Waals surface area contributed by atoms with Crippen LogP contribution >= 0.6 is 35.3 Å². The predicted molar refractivity (Wildman–Crippen MR) is 100 cm³/mol. The lowest BCUT2D eigenvalue weighted by Gasteiger charge is -2.04. The molecule has 114 valence electrons. The summed E-state index contributed by atoms with van der Waals surface area (Å²) in [5.41, 5.74) is 8.12. The number of aryl methyl sites for hydroxylation is 1. The van der Waals surface area contributed by atoms with Gasteiger partial charge in [-0.05, 0) is 12.0 Å². The second-order valence-electron chi connectivity index (χ2n) is 4.45. The van der Waals surface area contributed by atoms with Crippen molar-refractivity contribution >= 4 is 41.3 Å². The van der Waals surface area contributed by atoms with Gasteiger partial charge < -0.3 is 11.1 Å². The molecular weight excluding hydrogens is 395 g/mol. The highest BCUT2D eigenvalue weighted by Gasteiger charge is 2.00. The lowest BCUT2D eigenvalue weighted by atomic mass is 10.2. The smallest absolute Gasteiger partial charge is 0.188 e. The largest absolute Gasteiger partial charge is 0.370 e. The molecule has 21 heavy (non-hydrogen) atoms. The third-order valence-corrected chi connectivity index (χ3v) is 3.91. The average molecular weight is 416 g/mol. The zero-order valence-corrected chi connectivity index (χ0v) is 15.2. The summed E-state index contributed by atoms with van der Waals surface area (Å²) in [6.45, 7) is 3.49.